The third kappa shape index (κ3) is 6.29. The normalized spacial score (nSPS) is 22.5. The van der Waals surface area contributed by atoms with E-state index in [1.165, 1.54) is 30.3 Å². The molecule has 3 N–H and O–H groups in total. The van der Waals surface area contributed by atoms with E-state index >= 15 is 0 Å². The van der Waals surface area contributed by atoms with E-state index in [0.717, 1.165) is 19.3 Å². The Kier molecular flexibility index (Phi) is 8.34. The number of hydrogen-bond donors (Lipinski definition) is 3. The van der Waals surface area contributed by atoms with Crippen LogP contribution in [0, 0.1) is 11.8 Å². The van der Waals surface area contributed by atoms with Gasteiger partial charge in [-0.2, -0.15) is 13.2 Å². The molecule has 3 atom stereocenters. The molecule has 5 heterocycles. The molecule has 3 aromatic rings. The minimum Gasteiger partial charge on any atom is -0.495 e. The Hall–Kier alpha value is -3.60. The number of methoxy groups -OCH3 is 1. The van der Waals surface area contributed by atoms with Gasteiger partial charge in [-0.05, 0) is 63.9 Å². The van der Waals surface area contributed by atoms with Gasteiger partial charge < -0.3 is 29.8 Å². The van der Waals surface area contributed by atoms with Gasteiger partial charge in [-0.15, -0.1) is 0 Å². The highest BCUT2D eigenvalue weighted by molar-refractivity contribution is 8.00. The smallest absolute Gasteiger partial charge is 0.447 e. The summed E-state index contributed by atoms with van der Waals surface area (Å²) in [5.74, 6) is 6.65. The van der Waals surface area contributed by atoms with Gasteiger partial charge in [0.1, 0.15) is 10.8 Å². The van der Waals surface area contributed by atoms with Gasteiger partial charge >= 0.3 is 5.51 Å². The number of anilines is 2. The maximum atomic E-state index is 13.6. The summed E-state index contributed by atoms with van der Waals surface area (Å²) >= 11 is -0.185. The Morgan fingerprint density at radius 1 is 1.23 bits per heavy atom. The second kappa shape index (κ2) is 12.1. The minimum absolute atomic E-state index is 0.00866. The molecule has 2 bridgehead atoms. The van der Waals surface area contributed by atoms with Crippen molar-refractivity contribution in [1.82, 2.24) is 19.6 Å². The molecule has 3 fully saturated rings. The van der Waals surface area contributed by atoms with E-state index in [0.29, 0.717) is 53.6 Å². The number of rotatable bonds is 8. The summed E-state index contributed by atoms with van der Waals surface area (Å²) in [5.41, 5.74) is -3.02. The lowest BCUT2D eigenvalue weighted by atomic mass is 9.98. The summed E-state index contributed by atoms with van der Waals surface area (Å²) in [6, 6.07) is 7.84. The number of hydrogen-bond acceptors (Lipinski definition) is 8. The highest BCUT2D eigenvalue weighted by Crippen LogP contribution is 2.41. The van der Waals surface area contributed by atoms with Gasteiger partial charge in [0, 0.05) is 47.8 Å². The molecule has 0 aliphatic carbocycles. The van der Waals surface area contributed by atoms with Crippen molar-refractivity contribution in [3.8, 4) is 17.6 Å². The Balaban J connectivity index is 1.20. The van der Waals surface area contributed by atoms with E-state index in [4.69, 9.17) is 9.47 Å². The molecule has 0 radical (unpaired) electrons. The van der Waals surface area contributed by atoms with Gasteiger partial charge in [-0.25, -0.2) is 4.98 Å². The van der Waals surface area contributed by atoms with Crippen LogP contribution in [0.2, 0.25) is 0 Å². The van der Waals surface area contributed by atoms with Crippen molar-refractivity contribution in [3.63, 3.8) is 0 Å². The van der Waals surface area contributed by atoms with E-state index in [9.17, 15) is 18.0 Å². The average molecular weight is 629 g/mol. The first-order valence-corrected chi connectivity index (χ1v) is 15.4. The Labute approximate surface area is 258 Å². The van der Waals surface area contributed by atoms with Crippen molar-refractivity contribution in [2.45, 2.75) is 66.8 Å². The van der Waals surface area contributed by atoms with Crippen LogP contribution in [0.25, 0.3) is 5.52 Å². The molecule has 13 heteroatoms. The number of aromatic nitrogens is 2. The van der Waals surface area contributed by atoms with Gasteiger partial charge in [-0.3, -0.25) is 9.69 Å². The number of nitrogens with one attached hydrogen (secondary N) is 3. The molecule has 3 saturated heterocycles. The number of alkyl halides is 3. The maximum Gasteiger partial charge on any atom is 0.447 e. The van der Waals surface area contributed by atoms with Crippen LogP contribution in [0.5, 0.6) is 5.75 Å². The number of fused-ring (bicyclic) bond motifs is 3. The Bertz CT molecular complexity index is 1610. The fourth-order valence-electron chi connectivity index (χ4n) is 6.36. The molecule has 2 aromatic heterocycles. The summed E-state index contributed by atoms with van der Waals surface area (Å²) in [5, 5.41) is 9.64. The van der Waals surface area contributed by atoms with E-state index in [1.807, 2.05) is 6.92 Å². The van der Waals surface area contributed by atoms with Gasteiger partial charge in [0.2, 0.25) is 0 Å². The lowest BCUT2D eigenvalue weighted by molar-refractivity contribution is -0.0593. The molecule has 234 valence electrons. The highest BCUT2D eigenvalue weighted by Gasteiger charge is 2.40. The van der Waals surface area contributed by atoms with Crippen LogP contribution < -0.4 is 20.7 Å². The van der Waals surface area contributed by atoms with Crippen LogP contribution in [0.1, 0.15) is 48.5 Å². The zero-order valence-corrected chi connectivity index (χ0v) is 25.6. The fraction of sp³-hybridized carbons (Fsp3) is 0.484. The number of thioether (sulfide) groups is 1. The number of carbonyl (C=O) groups excluding carboxylic acids is 1. The van der Waals surface area contributed by atoms with Crippen LogP contribution in [0.3, 0.4) is 0 Å². The molecule has 1 aromatic carbocycles. The molecule has 0 spiro atoms. The monoisotopic (exact) mass is 628 g/mol. The molecule has 9 nitrogen and oxygen atoms in total. The molecule has 0 saturated carbocycles. The molecular weight excluding hydrogens is 593 g/mol. The minimum atomic E-state index is -4.49. The summed E-state index contributed by atoms with van der Waals surface area (Å²) in [4.78, 5) is 19.6. The molecule has 3 aliphatic heterocycles. The first-order valence-electron chi connectivity index (χ1n) is 14.6. The third-order valence-electron chi connectivity index (χ3n) is 8.67. The summed E-state index contributed by atoms with van der Waals surface area (Å²) < 4.78 is 53.1. The third-order valence-corrected chi connectivity index (χ3v) is 9.51. The SMILES string of the molecule is COc1cc(C(=O)NC2(C)COC2)ccc1NCC#Cc1cc2c(N[C@@H]3CC[C@@H]4CC[C@H]3N4C)nccn2c1SC(F)(F)F. The quantitative estimate of drug-likeness (QED) is 0.238. The lowest BCUT2D eigenvalue weighted by Crippen LogP contribution is -2.59. The van der Waals surface area contributed by atoms with Crippen LogP contribution in [0.4, 0.5) is 24.7 Å². The van der Waals surface area contributed by atoms with Gasteiger partial charge in [0.15, 0.2) is 5.82 Å². The number of piperidine rings is 1. The van der Waals surface area contributed by atoms with Gasteiger partial charge in [0.25, 0.3) is 5.91 Å². The van der Waals surface area contributed by atoms with Gasteiger partial charge in [-0.1, -0.05) is 11.8 Å². The molecule has 0 unspecified atom stereocenters. The van der Waals surface area contributed by atoms with E-state index < -0.39 is 5.51 Å². The first kappa shape index (κ1) is 30.4. The van der Waals surface area contributed by atoms with Crippen LogP contribution >= 0.6 is 11.8 Å². The van der Waals surface area contributed by atoms with Gasteiger partial charge in [0.05, 0.1) is 49.2 Å². The van der Waals surface area contributed by atoms with Crippen molar-refractivity contribution >= 4 is 34.7 Å². The topological polar surface area (TPSA) is 92.2 Å². The zero-order valence-electron chi connectivity index (χ0n) is 24.8. The van der Waals surface area contributed by atoms with Crippen molar-refractivity contribution in [1.29, 1.82) is 0 Å². The van der Waals surface area contributed by atoms with Crippen molar-refractivity contribution in [2.75, 3.05) is 44.5 Å². The van der Waals surface area contributed by atoms with Crippen LogP contribution in [0.15, 0.2) is 41.7 Å². The van der Waals surface area contributed by atoms with E-state index in [2.05, 4.69) is 44.7 Å². The maximum absolute atomic E-state index is 13.6. The van der Waals surface area contributed by atoms with Crippen molar-refractivity contribution < 1.29 is 27.4 Å². The lowest BCUT2D eigenvalue weighted by Gasteiger charge is -2.38. The number of likely N-dealkylation sites (N-methyl/N-ethyl adjacent to an activating group) is 1. The van der Waals surface area contributed by atoms with Crippen molar-refractivity contribution in [3.05, 3.63) is 47.8 Å². The molecule has 6 rings (SSSR count). The summed E-state index contributed by atoms with van der Waals surface area (Å²) in [6.45, 7) is 2.98. The van der Waals surface area contributed by atoms with Crippen LogP contribution in [-0.4, -0.2) is 83.3 Å². The van der Waals surface area contributed by atoms with E-state index in [1.54, 1.807) is 24.3 Å². The molecular formula is C31H35F3N6O3S. The highest BCUT2D eigenvalue weighted by atomic mass is 32.2. The number of amides is 1. The number of benzene rings is 1. The standard InChI is InChI=1S/C31H35F3N6O3S/c1-30(17-43-18-30)38-28(41)19-6-9-23(26(16-19)42-3)35-12-4-5-20-15-25-27(36-13-14-40(25)29(20)44-31(32,33)34)37-22-10-7-21-8-11-24(22)39(21)2/h6,9,13-16,21-22,24,35H,7-8,10-12,17-18H2,1-3H3,(H,36,37)(H,38,41)/t21-,22-,24-/m1/s1. The predicted molar refractivity (Wildman–Crippen MR) is 163 cm³/mol. The number of nitrogens with zero attached hydrogens (tertiary/aromatic N) is 3. The zero-order chi connectivity index (χ0) is 31.1. The van der Waals surface area contributed by atoms with E-state index in [-0.39, 0.29) is 46.4 Å². The molecule has 1 amide bonds. The number of ether oxygens (including phenoxy) is 2. The fourth-order valence-corrected chi connectivity index (χ4v) is 7.06. The predicted octanol–water partition coefficient (Wildman–Crippen LogP) is 4.97. The Morgan fingerprint density at radius 2 is 2.02 bits per heavy atom. The summed E-state index contributed by atoms with van der Waals surface area (Å²) in [6.07, 6.45) is 7.41. The number of halogens is 3. The Morgan fingerprint density at radius 3 is 2.75 bits per heavy atom. The summed E-state index contributed by atoms with van der Waals surface area (Å²) in [7, 11) is 3.65. The second-order valence-corrected chi connectivity index (χ2v) is 12.9. The number of carbonyl (C=O) groups is 1. The van der Waals surface area contributed by atoms with Crippen molar-refractivity contribution in [2.24, 2.45) is 0 Å². The second-order valence-electron chi connectivity index (χ2n) is 11.8. The molecule has 44 heavy (non-hydrogen) atoms. The van der Waals surface area contributed by atoms with Crippen LogP contribution in [-0.2, 0) is 4.74 Å². The molecule has 3 aliphatic rings. The first-order chi connectivity index (χ1) is 21.0. The largest absolute Gasteiger partial charge is 0.495 e. The average Bonchev–Trinajstić information content (AvgIpc) is 3.42.